The molecule has 0 unspecified atom stereocenters. The van der Waals surface area contributed by atoms with Crippen LogP contribution in [0.1, 0.15) is 23.2 Å². The third kappa shape index (κ3) is 3.07. The van der Waals surface area contributed by atoms with Gasteiger partial charge in [0.15, 0.2) is 0 Å². The Kier molecular flexibility index (Phi) is 4.42. The normalized spacial score (nSPS) is 17.5. The van der Waals surface area contributed by atoms with Crippen LogP contribution in [-0.2, 0) is 16.1 Å². The van der Waals surface area contributed by atoms with E-state index < -0.39 is 0 Å². The zero-order valence-electron chi connectivity index (χ0n) is 14.2. The van der Waals surface area contributed by atoms with Crippen molar-refractivity contribution in [2.45, 2.75) is 26.8 Å². The van der Waals surface area contributed by atoms with Gasteiger partial charge < -0.3 is 15.2 Å². The van der Waals surface area contributed by atoms with Gasteiger partial charge in [-0.2, -0.15) is 0 Å². The van der Waals surface area contributed by atoms with Gasteiger partial charge in [-0.15, -0.1) is 6.58 Å². The van der Waals surface area contributed by atoms with Crippen molar-refractivity contribution in [2.24, 2.45) is 5.92 Å². The van der Waals surface area contributed by atoms with Gasteiger partial charge in [-0.25, -0.2) is 0 Å². The first-order valence-electron chi connectivity index (χ1n) is 8.23. The summed E-state index contributed by atoms with van der Waals surface area (Å²) in [6.07, 6.45) is 1.98. The highest BCUT2D eigenvalue weighted by Gasteiger charge is 2.33. The fourth-order valence-electron chi connectivity index (χ4n) is 3.23. The Morgan fingerprint density at radius 1 is 1.46 bits per heavy atom. The molecule has 24 heavy (non-hydrogen) atoms. The Morgan fingerprint density at radius 2 is 2.25 bits per heavy atom. The molecule has 0 radical (unpaired) electrons. The lowest BCUT2D eigenvalue weighted by Crippen LogP contribution is -2.32. The van der Waals surface area contributed by atoms with E-state index in [1.54, 1.807) is 11.0 Å². The average Bonchev–Trinajstić information content (AvgIpc) is 3.07. The largest absolute Gasteiger partial charge is 0.358 e. The molecule has 2 aromatic rings. The van der Waals surface area contributed by atoms with Crippen molar-refractivity contribution in [1.29, 1.82) is 0 Å². The Morgan fingerprint density at radius 3 is 3.00 bits per heavy atom. The number of amides is 2. The first-order valence-corrected chi connectivity index (χ1v) is 8.23. The van der Waals surface area contributed by atoms with Crippen LogP contribution in [0.4, 0.5) is 0 Å². The summed E-state index contributed by atoms with van der Waals surface area (Å²) in [6, 6.07) is 6.17. The van der Waals surface area contributed by atoms with Crippen LogP contribution in [-0.4, -0.2) is 34.8 Å². The predicted molar refractivity (Wildman–Crippen MR) is 94.5 cm³/mol. The second-order valence-electron chi connectivity index (χ2n) is 6.46. The molecule has 1 aromatic heterocycles. The lowest BCUT2D eigenvalue weighted by Gasteiger charge is -2.14. The number of aryl methyl sites for hydroxylation is 2. The molecule has 2 N–H and O–H groups in total. The van der Waals surface area contributed by atoms with E-state index in [1.165, 1.54) is 10.9 Å². The lowest BCUT2D eigenvalue weighted by molar-refractivity contribution is -0.128. The van der Waals surface area contributed by atoms with Crippen LogP contribution < -0.4 is 5.32 Å². The van der Waals surface area contributed by atoms with E-state index in [1.807, 2.05) is 12.1 Å². The van der Waals surface area contributed by atoms with Gasteiger partial charge in [-0.3, -0.25) is 9.59 Å². The highest BCUT2D eigenvalue weighted by atomic mass is 16.2. The van der Waals surface area contributed by atoms with Crippen molar-refractivity contribution < 1.29 is 9.59 Å². The molecular formula is C19H23N3O2. The minimum atomic E-state index is -0.266. The van der Waals surface area contributed by atoms with E-state index in [9.17, 15) is 9.59 Å². The molecule has 2 amide bonds. The number of benzene rings is 1. The fourth-order valence-corrected chi connectivity index (χ4v) is 3.23. The monoisotopic (exact) mass is 325 g/mol. The maximum absolute atomic E-state index is 12.3. The Labute approximate surface area is 141 Å². The zero-order chi connectivity index (χ0) is 17.3. The summed E-state index contributed by atoms with van der Waals surface area (Å²) in [7, 11) is 0. The second-order valence-corrected chi connectivity index (χ2v) is 6.46. The van der Waals surface area contributed by atoms with E-state index in [0.717, 1.165) is 16.8 Å². The number of H-pyrrole nitrogens is 1. The molecule has 1 saturated heterocycles. The summed E-state index contributed by atoms with van der Waals surface area (Å²) in [5.41, 5.74) is 4.57. The van der Waals surface area contributed by atoms with Gasteiger partial charge in [-0.05, 0) is 37.1 Å². The Balaban J connectivity index is 1.63. The molecule has 5 nitrogen and oxygen atoms in total. The number of hydrogen-bond donors (Lipinski definition) is 2. The van der Waals surface area contributed by atoms with Gasteiger partial charge in [0.25, 0.3) is 0 Å². The summed E-state index contributed by atoms with van der Waals surface area (Å²) in [6.45, 7) is 9.25. The van der Waals surface area contributed by atoms with Crippen LogP contribution in [0, 0.1) is 19.8 Å². The van der Waals surface area contributed by atoms with Crippen molar-refractivity contribution in [2.75, 3.05) is 13.1 Å². The van der Waals surface area contributed by atoms with Crippen LogP contribution in [0.2, 0.25) is 0 Å². The summed E-state index contributed by atoms with van der Waals surface area (Å²) in [4.78, 5) is 29.2. The van der Waals surface area contributed by atoms with Crippen molar-refractivity contribution >= 4 is 22.7 Å². The Bertz CT molecular complexity index is 806. The van der Waals surface area contributed by atoms with Gasteiger partial charge in [-0.1, -0.05) is 12.1 Å². The highest BCUT2D eigenvalue weighted by molar-refractivity contribution is 5.89. The molecule has 5 heteroatoms. The molecule has 0 saturated carbocycles. The highest BCUT2D eigenvalue weighted by Crippen LogP contribution is 2.23. The minimum Gasteiger partial charge on any atom is -0.358 e. The molecule has 3 rings (SSSR count). The van der Waals surface area contributed by atoms with Crippen LogP contribution in [0.15, 0.2) is 30.9 Å². The number of aromatic nitrogens is 1. The smallest absolute Gasteiger partial charge is 0.225 e. The van der Waals surface area contributed by atoms with E-state index in [4.69, 9.17) is 0 Å². The van der Waals surface area contributed by atoms with Crippen LogP contribution in [0.3, 0.4) is 0 Å². The molecule has 0 spiro atoms. The third-order valence-electron chi connectivity index (χ3n) is 4.77. The number of carbonyl (C=O) groups is 2. The maximum atomic E-state index is 12.3. The maximum Gasteiger partial charge on any atom is 0.225 e. The standard InChI is InChI=1S/C19H23N3O2/c1-4-7-22-11-15(9-18(22)23)19(24)20-10-14-5-6-17-16(8-14)12(2)13(3)21-17/h4-6,8,15,21H,1,7,9-11H2,2-3H3,(H,20,24)/t15-/m0/s1. The van der Waals surface area contributed by atoms with E-state index in [0.29, 0.717) is 19.6 Å². The molecule has 2 heterocycles. The second kappa shape index (κ2) is 6.51. The molecule has 1 atom stereocenters. The third-order valence-corrected chi connectivity index (χ3v) is 4.77. The molecule has 0 aliphatic carbocycles. The lowest BCUT2D eigenvalue weighted by atomic mass is 10.1. The molecule has 1 aliphatic heterocycles. The van der Waals surface area contributed by atoms with E-state index in [2.05, 4.69) is 36.8 Å². The zero-order valence-corrected chi connectivity index (χ0v) is 14.2. The van der Waals surface area contributed by atoms with Gasteiger partial charge in [0, 0.05) is 42.7 Å². The summed E-state index contributed by atoms with van der Waals surface area (Å²) in [5.74, 6) is -0.302. The van der Waals surface area contributed by atoms with Crippen molar-refractivity contribution in [3.05, 3.63) is 47.7 Å². The SMILES string of the molecule is C=CCN1C[C@@H](C(=O)NCc2ccc3[nH]c(C)c(C)c3c2)CC1=O. The van der Waals surface area contributed by atoms with Crippen molar-refractivity contribution in [3.8, 4) is 0 Å². The fraction of sp³-hybridized carbons (Fsp3) is 0.368. The first kappa shape index (κ1) is 16.3. The van der Waals surface area contributed by atoms with Crippen LogP contribution in [0.5, 0.6) is 0 Å². The number of nitrogens with zero attached hydrogens (tertiary/aromatic N) is 1. The Hall–Kier alpha value is -2.56. The molecule has 1 fully saturated rings. The molecule has 0 bridgehead atoms. The summed E-state index contributed by atoms with van der Waals surface area (Å²) in [5, 5.41) is 4.15. The quantitative estimate of drug-likeness (QED) is 0.829. The number of likely N-dealkylation sites (tertiary alicyclic amines) is 1. The first-order chi connectivity index (χ1) is 11.5. The minimum absolute atomic E-state index is 0.0230. The van der Waals surface area contributed by atoms with Gasteiger partial charge >= 0.3 is 0 Å². The van der Waals surface area contributed by atoms with Gasteiger partial charge in [0.1, 0.15) is 0 Å². The number of rotatable bonds is 5. The topological polar surface area (TPSA) is 65.2 Å². The summed E-state index contributed by atoms with van der Waals surface area (Å²) < 4.78 is 0. The number of nitrogens with one attached hydrogen (secondary N) is 2. The van der Waals surface area contributed by atoms with Crippen molar-refractivity contribution in [3.63, 3.8) is 0 Å². The van der Waals surface area contributed by atoms with Gasteiger partial charge in [0.2, 0.25) is 11.8 Å². The summed E-state index contributed by atoms with van der Waals surface area (Å²) >= 11 is 0. The number of aromatic amines is 1. The van der Waals surface area contributed by atoms with E-state index in [-0.39, 0.29) is 24.2 Å². The van der Waals surface area contributed by atoms with Crippen LogP contribution in [0.25, 0.3) is 10.9 Å². The predicted octanol–water partition coefficient (Wildman–Crippen LogP) is 2.44. The molecular weight excluding hydrogens is 302 g/mol. The average molecular weight is 325 g/mol. The molecule has 1 aromatic carbocycles. The van der Waals surface area contributed by atoms with E-state index >= 15 is 0 Å². The van der Waals surface area contributed by atoms with Crippen molar-refractivity contribution in [1.82, 2.24) is 15.2 Å². The number of carbonyl (C=O) groups excluding carboxylic acids is 2. The number of fused-ring (bicyclic) bond motifs is 1. The number of hydrogen-bond acceptors (Lipinski definition) is 2. The molecule has 126 valence electrons. The molecule has 1 aliphatic rings. The van der Waals surface area contributed by atoms with Crippen LogP contribution >= 0.6 is 0 Å². The van der Waals surface area contributed by atoms with Gasteiger partial charge in [0.05, 0.1) is 5.92 Å².